The molecule has 0 bridgehead atoms. The highest BCUT2D eigenvalue weighted by Crippen LogP contribution is 2.26. The lowest BCUT2D eigenvalue weighted by Crippen LogP contribution is -2.34. The highest BCUT2D eigenvalue weighted by molar-refractivity contribution is 5.77. The summed E-state index contributed by atoms with van der Waals surface area (Å²) in [4.78, 5) is 28.9. The maximum absolute atomic E-state index is 12.4. The first kappa shape index (κ1) is 18.2. The Balaban J connectivity index is 1.24. The van der Waals surface area contributed by atoms with E-state index in [-0.39, 0.29) is 17.4 Å². The summed E-state index contributed by atoms with van der Waals surface area (Å²) in [5.41, 5.74) is 1.82. The van der Waals surface area contributed by atoms with Gasteiger partial charge in [0.2, 0.25) is 5.91 Å². The van der Waals surface area contributed by atoms with Gasteiger partial charge in [0.1, 0.15) is 5.75 Å². The van der Waals surface area contributed by atoms with Gasteiger partial charge in [-0.2, -0.15) is 0 Å². The number of aryl methyl sites for hydroxylation is 1. The number of rotatable bonds is 6. The molecule has 1 aliphatic rings. The number of hydrogen-bond donors (Lipinski definition) is 1. The predicted octanol–water partition coefficient (Wildman–Crippen LogP) is 2.54. The van der Waals surface area contributed by atoms with Crippen LogP contribution in [0.15, 0.2) is 59.7 Å². The van der Waals surface area contributed by atoms with Gasteiger partial charge in [-0.15, -0.1) is 0 Å². The number of nitrogens with one attached hydrogen (secondary N) is 1. The van der Waals surface area contributed by atoms with Gasteiger partial charge in [-0.25, -0.2) is 4.98 Å². The number of fused-ring (bicyclic) bond motifs is 2. The number of para-hydroxylation sites is 2. The van der Waals surface area contributed by atoms with Crippen molar-refractivity contribution < 1.29 is 9.53 Å². The molecule has 2 aromatic carbocycles. The van der Waals surface area contributed by atoms with E-state index in [9.17, 15) is 9.59 Å². The Labute approximate surface area is 163 Å². The molecule has 6 heteroatoms. The normalized spacial score (nSPS) is 15.6. The Morgan fingerprint density at radius 3 is 2.93 bits per heavy atom. The summed E-state index contributed by atoms with van der Waals surface area (Å²) in [6, 6.07) is 15.3. The summed E-state index contributed by atoms with van der Waals surface area (Å²) in [7, 11) is 0. The minimum Gasteiger partial charge on any atom is -0.493 e. The molecule has 28 heavy (non-hydrogen) atoms. The van der Waals surface area contributed by atoms with Gasteiger partial charge >= 0.3 is 0 Å². The number of nitrogens with zero attached hydrogens (tertiary/aromatic N) is 2. The summed E-state index contributed by atoms with van der Waals surface area (Å²) in [6.07, 6.45) is 3.44. The van der Waals surface area contributed by atoms with E-state index >= 15 is 0 Å². The topological polar surface area (TPSA) is 73.2 Å². The predicted molar refractivity (Wildman–Crippen MR) is 107 cm³/mol. The van der Waals surface area contributed by atoms with Crippen LogP contribution in [0.4, 0.5) is 0 Å². The van der Waals surface area contributed by atoms with E-state index in [4.69, 9.17) is 4.74 Å². The maximum atomic E-state index is 12.4. The summed E-state index contributed by atoms with van der Waals surface area (Å²) < 4.78 is 7.33. The molecule has 4 rings (SSSR count). The van der Waals surface area contributed by atoms with Gasteiger partial charge in [0, 0.05) is 25.4 Å². The second-order valence-electron chi connectivity index (χ2n) is 7.16. The number of aromatic nitrogens is 2. The Morgan fingerprint density at radius 1 is 1.18 bits per heavy atom. The number of hydrogen-bond acceptors (Lipinski definition) is 4. The standard InChI is InChI=1S/C22H23N3O3/c26-21(23-13-16-12-17-6-1-4-9-20(17)28-14-16)10-5-11-25-15-24-19-8-3-2-7-18(19)22(25)27/h1-4,6-9,15-16H,5,10-14H2,(H,23,26). The monoisotopic (exact) mass is 377 g/mol. The molecular formula is C22H23N3O3. The van der Waals surface area contributed by atoms with Gasteiger partial charge < -0.3 is 10.1 Å². The summed E-state index contributed by atoms with van der Waals surface area (Å²) in [6.45, 7) is 1.70. The van der Waals surface area contributed by atoms with Crippen molar-refractivity contribution in [1.82, 2.24) is 14.9 Å². The van der Waals surface area contributed by atoms with Gasteiger partial charge in [0.15, 0.2) is 0 Å². The van der Waals surface area contributed by atoms with E-state index in [0.29, 0.717) is 43.4 Å². The lowest BCUT2D eigenvalue weighted by Gasteiger charge is -2.25. The zero-order chi connectivity index (χ0) is 19.3. The van der Waals surface area contributed by atoms with Gasteiger partial charge in [-0.1, -0.05) is 30.3 Å². The van der Waals surface area contributed by atoms with Crippen LogP contribution in [0.25, 0.3) is 10.9 Å². The van der Waals surface area contributed by atoms with Crippen molar-refractivity contribution in [2.24, 2.45) is 5.92 Å². The zero-order valence-corrected chi connectivity index (χ0v) is 15.6. The molecule has 0 radical (unpaired) electrons. The molecule has 2 heterocycles. The lowest BCUT2D eigenvalue weighted by molar-refractivity contribution is -0.121. The molecule has 1 N–H and O–H groups in total. The van der Waals surface area contributed by atoms with Crippen LogP contribution in [0, 0.1) is 5.92 Å². The van der Waals surface area contributed by atoms with Crippen LogP contribution >= 0.6 is 0 Å². The van der Waals surface area contributed by atoms with Crippen LogP contribution in [0.1, 0.15) is 18.4 Å². The Morgan fingerprint density at radius 2 is 2.00 bits per heavy atom. The van der Waals surface area contributed by atoms with Crippen LogP contribution in [-0.2, 0) is 17.8 Å². The number of carbonyl (C=O) groups excluding carboxylic acids is 1. The molecule has 1 amide bonds. The minimum atomic E-state index is -0.0657. The first-order valence-corrected chi connectivity index (χ1v) is 9.62. The second kappa shape index (κ2) is 8.25. The van der Waals surface area contributed by atoms with Gasteiger partial charge in [0.25, 0.3) is 5.56 Å². The molecule has 0 saturated heterocycles. The van der Waals surface area contributed by atoms with E-state index < -0.39 is 0 Å². The summed E-state index contributed by atoms with van der Waals surface area (Å²) in [5.74, 6) is 1.23. The molecular weight excluding hydrogens is 354 g/mol. The molecule has 1 atom stereocenters. The Bertz CT molecular complexity index is 1040. The fourth-order valence-corrected chi connectivity index (χ4v) is 3.54. The maximum Gasteiger partial charge on any atom is 0.261 e. The summed E-state index contributed by atoms with van der Waals surface area (Å²) >= 11 is 0. The molecule has 0 spiro atoms. The first-order valence-electron chi connectivity index (χ1n) is 9.62. The van der Waals surface area contributed by atoms with E-state index in [1.165, 1.54) is 5.56 Å². The van der Waals surface area contributed by atoms with Crippen molar-refractivity contribution >= 4 is 16.8 Å². The van der Waals surface area contributed by atoms with Crippen molar-refractivity contribution in [3.63, 3.8) is 0 Å². The SMILES string of the molecule is O=C(CCCn1cnc2ccccc2c1=O)NCC1COc2ccccc2C1. The van der Waals surface area contributed by atoms with Crippen LogP contribution < -0.4 is 15.6 Å². The third kappa shape index (κ3) is 4.06. The van der Waals surface area contributed by atoms with E-state index in [0.717, 1.165) is 12.2 Å². The summed E-state index contributed by atoms with van der Waals surface area (Å²) in [5, 5.41) is 3.60. The average Bonchev–Trinajstić information content (AvgIpc) is 2.74. The highest BCUT2D eigenvalue weighted by atomic mass is 16.5. The Kier molecular flexibility index (Phi) is 5.37. The van der Waals surface area contributed by atoms with Crippen molar-refractivity contribution in [3.05, 3.63) is 70.8 Å². The zero-order valence-electron chi connectivity index (χ0n) is 15.6. The highest BCUT2D eigenvalue weighted by Gasteiger charge is 2.19. The van der Waals surface area contributed by atoms with Crippen molar-refractivity contribution in [2.45, 2.75) is 25.8 Å². The molecule has 144 valence electrons. The lowest BCUT2D eigenvalue weighted by atomic mass is 9.97. The fraction of sp³-hybridized carbons (Fsp3) is 0.318. The molecule has 1 aliphatic heterocycles. The Hall–Kier alpha value is -3.15. The second-order valence-corrected chi connectivity index (χ2v) is 7.16. The number of benzene rings is 2. The van der Waals surface area contributed by atoms with E-state index in [2.05, 4.69) is 16.4 Å². The third-order valence-corrected chi connectivity index (χ3v) is 5.08. The molecule has 0 aliphatic carbocycles. The van der Waals surface area contributed by atoms with Gasteiger partial charge in [0.05, 0.1) is 23.8 Å². The van der Waals surface area contributed by atoms with Crippen molar-refractivity contribution in [2.75, 3.05) is 13.2 Å². The average molecular weight is 377 g/mol. The molecule has 6 nitrogen and oxygen atoms in total. The molecule has 1 unspecified atom stereocenters. The van der Waals surface area contributed by atoms with Crippen LogP contribution in [0.2, 0.25) is 0 Å². The van der Waals surface area contributed by atoms with E-state index in [1.54, 1.807) is 17.0 Å². The number of carbonyl (C=O) groups is 1. The number of amides is 1. The van der Waals surface area contributed by atoms with Gasteiger partial charge in [-0.3, -0.25) is 14.2 Å². The molecule has 1 aromatic heterocycles. The quantitative estimate of drug-likeness (QED) is 0.717. The third-order valence-electron chi connectivity index (χ3n) is 5.08. The van der Waals surface area contributed by atoms with Gasteiger partial charge in [-0.05, 0) is 36.6 Å². The number of ether oxygens (including phenoxy) is 1. The minimum absolute atomic E-state index is 0.000607. The molecule has 3 aromatic rings. The van der Waals surface area contributed by atoms with Crippen LogP contribution in [-0.4, -0.2) is 28.6 Å². The largest absolute Gasteiger partial charge is 0.493 e. The smallest absolute Gasteiger partial charge is 0.261 e. The van der Waals surface area contributed by atoms with Crippen LogP contribution in [0.5, 0.6) is 5.75 Å². The van der Waals surface area contributed by atoms with Crippen LogP contribution in [0.3, 0.4) is 0 Å². The fourth-order valence-electron chi connectivity index (χ4n) is 3.54. The van der Waals surface area contributed by atoms with Crippen molar-refractivity contribution in [3.8, 4) is 5.75 Å². The van der Waals surface area contributed by atoms with E-state index in [1.807, 2.05) is 36.4 Å². The molecule has 0 fully saturated rings. The molecule has 0 saturated carbocycles. The first-order chi connectivity index (χ1) is 13.7. The van der Waals surface area contributed by atoms with Crippen molar-refractivity contribution in [1.29, 1.82) is 0 Å².